The summed E-state index contributed by atoms with van der Waals surface area (Å²) >= 11 is 2.13. The molecule has 0 bridgehead atoms. The molecule has 0 spiro atoms. The van der Waals surface area contributed by atoms with Crippen molar-refractivity contribution in [1.82, 2.24) is 19.5 Å². The average molecular weight is 379 g/mol. The molecule has 3 rings (SSSR count). The van der Waals surface area contributed by atoms with Crippen LogP contribution in [0.25, 0.3) is 11.2 Å². The third-order valence-electron chi connectivity index (χ3n) is 2.99. The molecule has 0 saturated heterocycles. The highest BCUT2D eigenvalue weighted by Crippen LogP contribution is 2.24. The number of halogens is 1. The summed E-state index contributed by atoms with van der Waals surface area (Å²) in [5, 5.41) is 3.31. The highest BCUT2D eigenvalue weighted by Gasteiger charge is 2.13. The normalized spacial score (nSPS) is 11.2. The predicted octanol–water partition coefficient (Wildman–Crippen LogP) is 3.76. The van der Waals surface area contributed by atoms with Gasteiger partial charge in [0.1, 0.15) is 0 Å². The van der Waals surface area contributed by atoms with Gasteiger partial charge in [-0.05, 0) is 26.0 Å². The minimum Gasteiger partial charge on any atom is -0.338 e. The number of hydrogen-bond donors (Lipinski definition) is 1. The second-order valence-corrected chi connectivity index (χ2v) is 5.71. The van der Waals surface area contributed by atoms with Crippen LogP contribution in [0.15, 0.2) is 36.7 Å². The summed E-state index contributed by atoms with van der Waals surface area (Å²) in [7, 11) is 0. The predicted molar refractivity (Wildman–Crippen MR) is 88.1 cm³/mol. The van der Waals surface area contributed by atoms with Gasteiger partial charge in [-0.2, -0.15) is 0 Å². The summed E-state index contributed by atoms with van der Waals surface area (Å²) < 4.78 is 2.76. The van der Waals surface area contributed by atoms with Crippen molar-refractivity contribution in [1.29, 1.82) is 0 Å². The SMILES string of the molecule is CC(C)n1cnc2c(Nc3ccccc3)nc(I)nc21. The van der Waals surface area contributed by atoms with Gasteiger partial charge in [0.25, 0.3) is 0 Å². The van der Waals surface area contributed by atoms with Gasteiger partial charge in [0.15, 0.2) is 20.8 Å². The standard InChI is InChI=1S/C14H14IN5/c1-9(2)20-8-16-11-12(18-14(15)19-13(11)20)17-10-6-4-3-5-7-10/h3-9H,1-2H3,(H,17,18,19). The molecule has 0 aliphatic carbocycles. The number of nitrogens with zero attached hydrogens (tertiary/aromatic N) is 4. The lowest BCUT2D eigenvalue weighted by molar-refractivity contribution is 0.612. The van der Waals surface area contributed by atoms with E-state index in [1.54, 1.807) is 0 Å². The van der Waals surface area contributed by atoms with Crippen LogP contribution < -0.4 is 5.32 Å². The molecule has 0 atom stereocenters. The molecule has 6 heteroatoms. The zero-order valence-electron chi connectivity index (χ0n) is 11.2. The van der Waals surface area contributed by atoms with Crippen LogP contribution in [0.2, 0.25) is 0 Å². The largest absolute Gasteiger partial charge is 0.338 e. The average Bonchev–Trinajstić information content (AvgIpc) is 2.83. The van der Waals surface area contributed by atoms with Gasteiger partial charge in [-0.3, -0.25) is 0 Å². The van der Waals surface area contributed by atoms with E-state index < -0.39 is 0 Å². The first-order chi connectivity index (χ1) is 9.65. The third-order valence-corrected chi connectivity index (χ3v) is 3.47. The van der Waals surface area contributed by atoms with Crippen LogP contribution in [0.4, 0.5) is 11.5 Å². The Morgan fingerprint density at radius 2 is 1.90 bits per heavy atom. The second-order valence-electron chi connectivity index (χ2n) is 4.75. The van der Waals surface area contributed by atoms with Crippen LogP contribution in [0.1, 0.15) is 19.9 Å². The highest BCUT2D eigenvalue weighted by molar-refractivity contribution is 14.1. The van der Waals surface area contributed by atoms with Crippen molar-refractivity contribution >= 4 is 45.3 Å². The Bertz CT molecular complexity index is 736. The summed E-state index contributed by atoms with van der Waals surface area (Å²) in [6.07, 6.45) is 1.82. The number of hydrogen-bond acceptors (Lipinski definition) is 4. The maximum Gasteiger partial charge on any atom is 0.194 e. The number of anilines is 2. The van der Waals surface area contributed by atoms with Gasteiger partial charge in [0.05, 0.1) is 6.33 Å². The Balaban J connectivity index is 2.11. The van der Waals surface area contributed by atoms with E-state index in [-0.39, 0.29) is 0 Å². The Morgan fingerprint density at radius 1 is 1.15 bits per heavy atom. The number of rotatable bonds is 3. The number of aromatic nitrogens is 4. The van der Waals surface area contributed by atoms with Crippen molar-refractivity contribution in [2.24, 2.45) is 0 Å². The van der Waals surface area contributed by atoms with Crippen molar-refractivity contribution in [3.8, 4) is 0 Å². The van der Waals surface area contributed by atoms with Crippen molar-refractivity contribution in [3.63, 3.8) is 0 Å². The van der Waals surface area contributed by atoms with E-state index in [2.05, 4.69) is 61.3 Å². The molecule has 2 aromatic heterocycles. The highest BCUT2D eigenvalue weighted by atomic mass is 127. The summed E-state index contributed by atoms with van der Waals surface area (Å²) in [4.78, 5) is 13.4. The Labute approximate surface area is 130 Å². The van der Waals surface area contributed by atoms with E-state index in [1.807, 2.05) is 36.7 Å². The molecule has 102 valence electrons. The van der Waals surface area contributed by atoms with Crippen LogP contribution >= 0.6 is 22.6 Å². The maximum absolute atomic E-state index is 4.50. The topological polar surface area (TPSA) is 55.6 Å². The molecule has 0 aliphatic heterocycles. The van der Waals surface area contributed by atoms with Gasteiger partial charge in [-0.15, -0.1) is 0 Å². The van der Waals surface area contributed by atoms with Crippen LogP contribution in [0.3, 0.4) is 0 Å². The lowest BCUT2D eigenvalue weighted by atomic mass is 10.3. The number of nitrogens with one attached hydrogen (secondary N) is 1. The van der Waals surface area contributed by atoms with Gasteiger partial charge in [0, 0.05) is 34.3 Å². The molecular weight excluding hydrogens is 365 g/mol. The van der Waals surface area contributed by atoms with E-state index in [4.69, 9.17) is 0 Å². The smallest absolute Gasteiger partial charge is 0.194 e. The minimum absolute atomic E-state index is 0.315. The second kappa shape index (κ2) is 5.35. The summed E-state index contributed by atoms with van der Waals surface area (Å²) in [5.41, 5.74) is 2.64. The minimum atomic E-state index is 0.315. The molecule has 0 radical (unpaired) electrons. The Hall–Kier alpha value is -1.70. The number of para-hydroxylation sites is 1. The molecule has 2 heterocycles. The van der Waals surface area contributed by atoms with Crippen molar-refractivity contribution in [3.05, 3.63) is 40.5 Å². The molecule has 0 unspecified atom stereocenters. The molecule has 0 aliphatic rings. The van der Waals surface area contributed by atoms with E-state index in [0.29, 0.717) is 9.87 Å². The molecule has 0 amide bonds. The van der Waals surface area contributed by atoms with Crippen LogP contribution in [0.5, 0.6) is 0 Å². The molecule has 0 saturated carbocycles. The van der Waals surface area contributed by atoms with E-state index in [9.17, 15) is 0 Å². The molecule has 1 aromatic carbocycles. The number of benzene rings is 1. The first-order valence-electron chi connectivity index (χ1n) is 6.37. The van der Waals surface area contributed by atoms with E-state index >= 15 is 0 Å². The fraction of sp³-hybridized carbons (Fsp3) is 0.214. The van der Waals surface area contributed by atoms with Crippen LogP contribution in [0, 0.1) is 3.83 Å². The van der Waals surface area contributed by atoms with Gasteiger partial charge >= 0.3 is 0 Å². The van der Waals surface area contributed by atoms with Gasteiger partial charge < -0.3 is 9.88 Å². The zero-order valence-corrected chi connectivity index (χ0v) is 13.4. The first kappa shape index (κ1) is 13.3. The lowest BCUT2D eigenvalue weighted by Gasteiger charge is -2.09. The fourth-order valence-electron chi connectivity index (χ4n) is 2.01. The molecule has 5 nitrogen and oxygen atoms in total. The van der Waals surface area contributed by atoms with Gasteiger partial charge in [0.2, 0.25) is 0 Å². The van der Waals surface area contributed by atoms with E-state index in [0.717, 1.165) is 22.7 Å². The van der Waals surface area contributed by atoms with Gasteiger partial charge in [-0.25, -0.2) is 15.0 Å². The lowest BCUT2D eigenvalue weighted by Crippen LogP contribution is -2.03. The maximum atomic E-state index is 4.50. The molecule has 1 N–H and O–H groups in total. The van der Waals surface area contributed by atoms with Crippen molar-refractivity contribution in [2.45, 2.75) is 19.9 Å². The summed E-state index contributed by atoms with van der Waals surface area (Å²) in [6, 6.07) is 10.3. The summed E-state index contributed by atoms with van der Waals surface area (Å²) in [6.45, 7) is 4.22. The Morgan fingerprint density at radius 3 is 2.60 bits per heavy atom. The monoisotopic (exact) mass is 379 g/mol. The zero-order chi connectivity index (χ0) is 14.1. The van der Waals surface area contributed by atoms with Crippen molar-refractivity contribution < 1.29 is 0 Å². The summed E-state index contributed by atoms with van der Waals surface area (Å²) in [5.74, 6) is 0.741. The van der Waals surface area contributed by atoms with Crippen molar-refractivity contribution in [2.75, 3.05) is 5.32 Å². The van der Waals surface area contributed by atoms with Crippen LogP contribution in [-0.4, -0.2) is 19.5 Å². The quantitative estimate of drug-likeness (QED) is 0.556. The van der Waals surface area contributed by atoms with Gasteiger partial charge in [-0.1, -0.05) is 18.2 Å². The van der Waals surface area contributed by atoms with Crippen LogP contribution in [-0.2, 0) is 0 Å². The molecular formula is C14H14IN5. The molecule has 3 aromatic rings. The first-order valence-corrected chi connectivity index (χ1v) is 7.45. The third kappa shape index (κ3) is 2.47. The Kier molecular flexibility index (Phi) is 3.56. The molecule has 20 heavy (non-hydrogen) atoms. The molecule has 0 fully saturated rings. The number of imidazole rings is 1. The number of fused-ring (bicyclic) bond motifs is 1. The van der Waals surface area contributed by atoms with E-state index in [1.165, 1.54) is 0 Å². The fourth-order valence-corrected chi connectivity index (χ4v) is 2.48.